The van der Waals surface area contributed by atoms with Crippen molar-refractivity contribution in [3.8, 4) is 0 Å². The van der Waals surface area contributed by atoms with Gasteiger partial charge in [-0.1, -0.05) is 41.1 Å². The normalized spacial score (nSPS) is 10.4. The summed E-state index contributed by atoms with van der Waals surface area (Å²) >= 11 is 7.38. The van der Waals surface area contributed by atoms with Gasteiger partial charge in [-0.2, -0.15) is 0 Å². The molecule has 0 bridgehead atoms. The molecule has 2 N–H and O–H groups in total. The van der Waals surface area contributed by atoms with Crippen LogP contribution in [0.25, 0.3) is 0 Å². The van der Waals surface area contributed by atoms with Crippen LogP contribution in [0.1, 0.15) is 22.8 Å². The average molecular weight is 456 g/mol. The molecule has 2 amide bonds. The van der Waals surface area contributed by atoms with E-state index >= 15 is 0 Å². The van der Waals surface area contributed by atoms with E-state index in [1.807, 2.05) is 31.2 Å². The van der Waals surface area contributed by atoms with Crippen molar-refractivity contribution in [3.05, 3.63) is 86.9 Å². The molecule has 9 heteroatoms. The van der Waals surface area contributed by atoms with E-state index in [1.165, 1.54) is 43.0 Å². The Labute approximate surface area is 188 Å². The number of nitro groups is 1. The summed E-state index contributed by atoms with van der Waals surface area (Å²) < 4.78 is 0. The summed E-state index contributed by atoms with van der Waals surface area (Å²) in [7, 11) is 0. The Kier molecular flexibility index (Phi) is 6.94. The third-order valence-electron chi connectivity index (χ3n) is 4.20. The number of carbonyl (C=O) groups is 2. The SMILES string of the molecule is CC(=O)Nc1ccc(Cl)c(NC(=O)c2ccc(Sc3ccc(C)cc3)c([N+](=O)[O-])c2)c1. The van der Waals surface area contributed by atoms with Crippen molar-refractivity contribution >= 4 is 52.2 Å². The second kappa shape index (κ2) is 9.63. The predicted molar refractivity (Wildman–Crippen MR) is 122 cm³/mol. The molecule has 0 saturated heterocycles. The standard InChI is InChI=1S/C22H18ClN3O4S/c1-13-3-7-17(8-4-13)31-21-10-5-15(11-20(21)26(29)30)22(28)25-19-12-16(24-14(2)27)6-9-18(19)23/h3-12H,1-2H3,(H,24,27)(H,25,28). The highest BCUT2D eigenvalue weighted by Gasteiger charge is 2.19. The number of hydrogen-bond donors (Lipinski definition) is 2. The minimum Gasteiger partial charge on any atom is -0.326 e. The van der Waals surface area contributed by atoms with Crippen molar-refractivity contribution in [2.45, 2.75) is 23.6 Å². The molecule has 0 saturated carbocycles. The third kappa shape index (κ3) is 5.84. The van der Waals surface area contributed by atoms with Crippen molar-refractivity contribution in [2.24, 2.45) is 0 Å². The molecule has 3 aromatic carbocycles. The van der Waals surface area contributed by atoms with E-state index in [0.717, 1.165) is 10.5 Å². The summed E-state index contributed by atoms with van der Waals surface area (Å²) in [5.41, 5.74) is 1.77. The highest BCUT2D eigenvalue weighted by Crippen LogP contribution is 2.36. The van der Waals surface area contributed by atoms with Crippen LogP contribution in [0.5, 0.6) is 0 Å². The average Bonchev–Trinajstić information content (AvgIpc) is 2.72. The lowest BCUT2D eigenvalue weighted by Gasteiger charge is -2.11. The van der Waals surface area contributed by atoms with Crippen LogP contribution in [-0.2, 0) is 4.79 Å². The van der Waals surface area contributed by atoms with Crippen molar-refractivity contribution in [1.82, 2.24) is 0 Å². The van der Waals surface area contributed by atoms with Crippen LogP contribution in [0.15, 0.2) is 70.5 Å². The van der Waals surface area contributed by atoms with Gasteiger partial charge >= 0.3 is 0 Å². The third-order valence-corrected chi connectivity index (χ3v) is 5.60. The van der Waals surface area contributed by atoms with Gasteiger partial charge in [-0.15, -0.1) is 0 Å². The molecule has 7 nitrogen and oxygen atoms in total. The van der Waals surface area contributed by atoms with Gasteiger partial charge < -0.3 is 10.6 Å². The highest BCUT2D eigenvalue weighted by molar-refractivity contribution is 7.99. The Hall–Kier alpha value is -3.36. The van der Waals surface area contributed by atoms with E-state index in [4.69, 9.17) is 11.6 Å². The molecule has 3 aromatic rings. The minimum atomic E-state index is -0.558. The van der Waals surface area contributed by atoms with Gasteiger partial charge in [0.2, 0.25) is 5.91 Å². The second-order valence-electron chi connectivity index (χ2n) is 6.68. The quantitative estimate of drug-likeness (QED) is 0.355. The summed E-state index contributed by atoms with van der Waals surface area (Å²) in [5, 5.41) is 17.1. The molecule has 0 radical (unpaired) electrons. The minimum absolute atomic E-state index is 0.112. The Morgan fingerprint density at radius 2 is 1.71 bits per heavy atom. The molecule has 0 fully saturated rings. The van der Waals surface area contributed by atoms with E-state index in [-0.39, 0.29) is 27.9 Å². The van der Waals surface area contributed by atoms with Crippen molar-refractivity contribution in [3.63, 3.8) is 0 Å². The van der Waals surface area contributed by atoms with E-state index < -0.39 is 10.8 Å². The molecule has 0 aliphatic carbocycles. The number of halogens is 1. The Morgan fingerprint density at radius 1 is 1.00 bits per heavy atom. The molecular weight excluding hydrogens is 438 g/mol. The molecule has 0 aromatic heterocycles. The zero-order valence-corrected chi connectivity index (χ0v) is 18.2. The Morgan fingerprint density at radius 3 is 2.35 bits per heavy atom. The fourth-order valence-corrected chi connectivity index (χ4v) is 3.78. The van der Waals surface area contributed by atoms with E-state index in [0.29, 0.717) is 10.6 Å². The lowest BCUT2D eigenvalue weighted by Crippen LogP contribution is -2.13. The summed E-state index contributed by atoms with van der Waals surface area (Å²) in [6.45, 7) is 3.32. The number of nitrogens with one attached hydrogen (secondary N) is 2. The largest absolute Gasteiger partial charge is 0.326 e. The van der Waals surface area contributed by atoms with Crippen molar-refractivity contribution in [2.75, 3.05) is 10.6 Å². The smallest absolute Gasteiger partial charge is 0.284 e. The first-order valence-electron chi connectivity index (χ1n) is 9.14. The van der Waals surface area contributed by atoms with Crippen LogP contribution >= 0.6 is 23.4 Å². The van der Waals surface area contributed by atoms with Gasteiger partial charge in [0.05, 0.1) is 20.5 Å². The molecule has 0 atom stereocenters. The Balaban J connectivity index is 1.85. The predicted octanol–water partition coefficient (Wildman–Crippen LogP) is 5.92. The lowest BCUT2D eigenvalue weighted by molar-refractivity contribution is -0.387. The van der Waals surface area contributed by atoms with Gasteiger partial charge in [0.25, 0.3) is 11.6 Å². The monoisotopic (exact) mass is 455 g/mol. The van der Waals surface area contributed by atoms with Gasteiger partial charge in [-0.3, -0.25) is 19.7 Å². The number of carbonyl (C=O) groups excluding carboxylic acids is 2. The number of aryl methyl sites for hydroxylation is 1. The van der Waals surface area contributed by atoms with E-state index in [9.17, 15) is 19.7 Å². The zero-order valence-electron chi connectivity index (χ0n) is 16.6. The van der Waals surface area contributed by atoms with Gasteiger partial charge in [-0.25, -0.2) is 0 Å². The van der Waals surface area contributed by atoms with Crippen LogP contribution in [0.2, 0.25) is 5.02 Å². The van der Waals surface area contributed by atoms with Gasteiger partial charge in [0.15, 0.2) is 0 Å². The topological polar surface area (TPSA) is 101 Å². The summed E-state index contributed by atoms with van der Waals surface area (Å²) in [5.74, 6) is -0.825. The molecule has 158 valence electrons. The first-order valence-corrected chi connectivity index (χ1v) is 10.3. The van der Waals surface area contributed by atoms with Crippen LogP contribution in [0, 0.1) is 17.0 Å². The number of rotatable bonds is 6. The lowest BCUT2D eigenvalue weighted by atomic mass is 10.1. The first-order chi connectivity index (χ1) is 14.7. The summed E-state index contributed by atoms with van der Waals surface area (Å²) in [6, 6.07) is 16.6. The fourth-order valence-electron chi connectivity index (χ4n) is 2.72. The van der Waals surface area contributed by atoms with Crippen LogP contribution < -0.4 is 10.6 Å². The molecule has 0 aliphatic heterocycles. The molecule has 3 rings (SSSR count). The summed E-state index contributed by atoms with van der Waals surface area (Å²) in [6.07, 6.45) is 0. The van der Waals surface area contributed by atoms with Crippen molar-refractivity contribution < 1.29 is 14.5 Å². The first kappa shape index (κ1) is 22.3. The molecule has 0 aliphatic rings. The van der Waals surface area contributed by atoms with Gasteiger partial charge in [0, 0.05) is 29.1 Å². The Bertz CT molecular complexity index is 1170. The molecule has 31 heavy (non-hydrogen) atoms. The number of anilines is 2. The van der Waals surface area contributed by atoms with Gasteiger partial charge in [-0.05, 0) is 49.4 Å². The second-order valence-corrected chi connectivity index (χ2v) is 8.21. The molecular formula is C22H18ClN3O4S. The van der Waals surface area contributed by atoms with E-state index in [1.54, 1.807) is 12.1 Å². The number of hydrogen-bond acceptors (Lipinski definition) is 5. The zero-order chi connectivity index (χ0) is 22.5. The number of nitrogens with zero attached hydrogens (tertiary/aromatic N) is 1. The van der Waals surface area contributed by atoms with Gasteiger partial charge in [0.1, 0.15) is 0 Å². The number of benzene rings is 3. The fraction of sp³-hybridized carbons (Fsp3) is 0.0909. The molecule has 0 spiro atoms. The molecule has 0 unspecified atom stereocenters. The maximum Gasteiger partial charge on any atom is 0.284 e. The maximum atomic E-state index is 12.7. The van der Waals surface area contributed by atoms with Crippen LogP contribution in [0.4, 0.5) is 17.1 Å². The maximum absolute atomic E-state index is 12.7. The number of amides is 2. The molecule has 0 heterocycles. The van der Waals surface area contributed by atoms with E-state index in [2.05, 4.69) is 10.6 Å². The van der Waals surface area contributed by atoms with Crippen LogP contribution in [0.3, 0.4) is 0 Å². The van der Waals surface area contributed by atoms with Crippen LogP contribution in [-0.4, -0.2) is 16.7 Å². The highest BCUT2D eigenvalue weighted by atomic mass is 35.5. The summed E-state index contributed by atoms with van der Waals surface area (Å²) in [4.78, 5) is 36.3. The van der Waals surface area contributed by atoms with Crippen molar-refractivity contribution in [1.29, 1.82) is 0 Å². The number of nitro benzene ring substituents is 1.